The van der Waals surface area contributed by atoms with Crippen LogP contribution >= 0.6 is 0 Å². The van der Waals surface area contributed by atoms with Crippen LogP contribution in [0.3, 0.4) is 0 Å². The van der Waals surface area contributed by atoms with E-state index in [1.807, 2.05) is 6.07 Å². The van der Waals surface area contributed by atoms with Gasteiger partial charge in [0.1, 0.15) is 16.7 Å². The number of para-hydroxylation sites is 2. The van der Waals surface area contributed by atoms with Crippen LogP contribution < -0.4 is 4.90 Å². The third-order valence-corrected chi connectivity index (χ3v) is 12.7. The summed E-state index contributed by atoms with van der Waals surface area (Å²) in [6.45, 7) is 4.68. The van der Waals surface area contributed by atoms with Crippen LogP contribution in [-0.2, 0) is 5.41 Å². The van der Waals surface area contributed by atoms with Gasteiger partial charge in [0.15, 0.2) is 5.58 Å². The van der Waals surface area contributed by atoms with Crippen molar-refractivity contribution >= 4 is 66.0 Å². The van der Waals surface area contributed by atoms with Gasteiger partial charge in [-0.25, -0.2) is 0 Å². The SMILES string of the molecule is CC1(C)c2ccccc2-c2ccc(-c3ccc4c(c3)oc3c5ccccc5c(-c5ccc(N(C6=CC=CCC6)c6cccc7c6oc6ccccc67)cc5)cc43)cc21. The van der Waals surface area contributed by atoms with E-state index in [1.165, 1.54) is 44.5 Å². The van der Waals surface area contributed by atoms with Crippen LogP contribution in [0.15, 0.2) is 190 Å². The largest absolute Gasteiger partial charge is 0.455 e. The number of allylic oxidation sites excluding steroid dienone is 4. The molecule has 0 spiro atoms. The van der Waals surface area contributed by atoms with E-state index in [0.29, 0.717) is 0 Å². The highest BCUT2D eigenvalue weighted by Crippen LogP contribution is 2.50. The van der Waals surface area contributed by atoms with Crippen molar-refractivity contribution in [3.8, 4) is 33.4 Å². The van der Waals surface area contributed by atoms with Gasteiger partial charge in [-0.15, -0.1) is 0 Å². The molecule has 0 aliphatic heterocycles. The normalized spacial score (nSPS) is 14.4. The molecule has 2 heterocycles. The monoisotopic (exact) mass is 745 g/mol. The molecule has 58 heavy (non-hydrogen) atoms. The zero-order valence-electron chi connectivity index (χ0n) is 32.4. The van der Waals surface area contributed by atoms with Crippen molar-refractivity contribution in [3.63, 3.8) is 0 Å². The molecular formula is C55H39NO2. The Balaban J connectivity index is 0.960. The minimum absolute atomic E-state index is 0.0513. The predicted molar refractivity (Wildman–Crippen MR) is 242 cm³/mol. The maximum atomic E-state index is 6.80. The minimum Gasteiger partial charge on any atom is -0.455 e. The molecule has 3 nitrogen and oxygen atoms in total. The molecule has 0 saturated carbocycles. The summed E-state index contributed by atoms with van der Waals surface area (Å²) in [5.74, 6) is 0. The van der Waals surface area contributed by atoms with Gasteiger partial charge in [0.2, 0.25) is 0 Å². The van der Waals surface area contributed by atoms with Gasteiger partial charge in [0.05, 0.1) is 5.69 Å². The molecule has 3 heteroatoms. The molecule has 0 fully saturated rings. The number of rotatable bonds is 5. The molecular weight excluding hydrogens is 707 g/mol. The number of hydrogen-bond acceptors (Lipinski definition) is 3. The van der Waals surface area contributed by atoms with E-state index >= 15 is 0 Å². The zero-order valence-corrected chi connectivity index (χ0v) is 32.4. The summed E-state index contributed by atoms with van der Waals surface area (Å²) in [7, 11) is 0. The van der Waals surface area contributed by atoms with Crippen molar-refractivity contribution < 1.29 is 8.83 Å². The molecule has 0 saturated heterocycles. The lowest BCUT2D eigenvalue weighted by Gasteiger charge is -2.29. The summed E-state index contributed by atoms with van der Waals surface area (Å²) in [6.07, 6.45) is 8.60. The number of hydrogen-bond donors (Lipinski definition) is 0. The topological polar surface area (TPSA) is 29.5 Å². The smallest absolute Gasteiger partial charge is 0.159 e. The molecule has 0 atom stereocenters. The summed E-state index contributed by atoms with van der Waals surface area (Å²) >= 11 is 0. The van der Waals surface area contributed by atoms with Crippen LogP contribution in [0.2, 0.25) is 0 Å². The highest BCUT2D eigenvalue weighted by atomic mass is 16.3. The summed E-state index contributed by atoms with van der Waals surface area (Å²) in [5.41, 5.74) is 17.1. The average molecular weight is 746 g/mol. The molecule has 12 rings (SSSR count). The fourth-order valence-electron chi connectivity index (χ4n) is 9.83. The fraction of sp³-hybridized carbons (Fsp3) is 0.0909. The van der Waals surface area contributed by atoms with Crippen molar-refractivity contribution in [2.45, 2.75) is 32.1 Å². The standard InChI is InChI=1S/C55H39NO2/c1-55(2)48-20-10-8-16-40(48)41-29-25-35(31-49(41)55)36-26-30-43-47-33-46(39-15-6-7-18-44(39)53(47)58-52(43)32-36)34-23-27-38(28-24-34)56(37-13-4-3-5-14-37)50-21-12-19-45-42-17-9-11-22-51(42)57-54(45)50/h3-4,6-13,15-33H,5,14H2,1-2H3. The van der Waals surface area contributed by atoms with Crippen LogP contribution in [-0.4, -0.2) is 0 Å². The predicted octanol–water partition coefficient (Wildman–Crippen LogP) is 15.7. The number of fused-ring (bicyclic) bond motifs is 11. The van der Waals surface area contributed by atoms with Crippen molar-refractivity contribution in [3.05, 3.63) is 193 Å². The van der Waals surface area contributed by atoms with Crippen molar-refractivity contribution in [2.75, 3.05) is 4.90 Å². The van der Waals surface area contributed by atoms with E-state index in [0.717, 1.165) is 84.6 Å². The van der Waals surface area contributed by atoms with E-state index in [9.17, 15) is 0 Å². The van der Waals surface area contributed by atoms with Crippen molar-refractivity contribution in [1.82, 2.24) is 0 Å². The summed E-state index contributed by atoms with van der Waals surface area (Å²) in [4.78, 5) is 2.38. The molecule has 0 amide bonds. The Kier molecular flexibility index (Phi) is 7.10. The Bertz CT molecular complexity index is 3370. The Hall–Kier alpha value is -7.10. The lowest BCUT2D eigenvalue weighted by atomic mass is 9.81. The van der Waals surface area contributed by atoms with Gasteiger partial charge < -0.3 is 13.7 Å². The summed E-state index contributed by atoms with van der Waals surface area (Å²) in [6, 6.07) is 57.3. The molecule has 276 valence electrons. The van der Waals surface area contributed by atoms with Crippen molar-refractivity contribution in [1.29, 1.82) is 0 Å². The summed E-state index contributed by atoms with van der Waals surface area (Å²) < 4.78 is 13.4. The Labute approximate surface area is 336 Å². The molecule has 0 radical (unpaired) electrons. The number of nitrogens with zero attached hydrogens (tertiary/aromatic N) is 1. The second-order valence-electron chi connectivity index (χ2n) is 16.3. The van der Waals surface area contributed by atoms with Gasteiger partial charge in [-0.2, -0.15) is 0 Å². The second-order valence-corrected chi connectivity index (χ2v) is 16.3. The number of benzene rings is 8. The maximum Gasteiger partial charge on any atom is 0.159 e. The van der Waals surface area contributed by atoms with E-state index in [4.69, 9.17) is 8.83 Å². The van der Waals surface area contributed by atoms with E-state index in [-0.39, 0.29) is 5.41 Å². The number of furan rings is 2. The first kappa shape index (κ1) is 33.1. The lowest BCUT2D eigenvalue weighted by Crippen LogP contribution is -2.17. The molecule has 0 N–H and O–H groups in total. The third kappa shape index (κ3) is 4.86. The second kappa shape index (κ2) is 12.4. The molecule has 0 bridgehead atoms. The van der Waals surface area contributed by atoms with Gasteiger partial charge >= 0.3 is 0 Å². The van der Waals surface area contributed by atoms with Crippen LogP contribution in [0.25, 0.3) is 88.0 Å². The Morgan fingerprint density at radius 2 is 1.16 bits per heavy atom. The number of anilines is 2. The Morgan fingerprint density at radius 3 is 2.02 bits per heavy atom. The molecule has 2 aliphatic carbocycles. The van der Waals surface area contributed by atoms with Gasteiger partial charge in [-0.05, 0) is 117 Å². The van der Waals surface area contributed by atoms with Crippen LogP contribution in [0.1, 0.15) is 37.8 Å². The van der Waals surface area contributed by atoms with Gasteiger partial charge in [-0.1, -0.05) is 135 Å². The molecule has 2 aliphatic rings. The minimum atomic E-state index is -0.0513. The van der Waals surface area contributed by atoms with Crippen molar-refractivity contribution in [2.24, 2.45) is 0 Å². The highest BCUT2D eigenvalue weighted by molar-refractivity contribution is 6.19. The highest BCUT2D eigenvalue weighted by Gasteiger charge is 2.35. The molecule has 10 aromatic rings. The first-order valence-corrected chi connectivity index (χ1v) is 20.3. The quantitative estimate of drug-likeness (QED) is 0.176. The Morgan fingerprint density at radius 1 is 0.483 bits per heavy atom. The molecule has 0 unspecified atom stereocenters. The fourth-order valence-corrected chi connectivity index (χ4v) is 9.83. The zero-order chi connectivity index (χ0) is 38.5. The van der Waals surface area contributed by atoms with Crippen LogP contribution in [0, 0.1) is 0 Å². The first-order chi connectivity index (χ1) is 28.5. The van der Waals surface area contributed by atoms with E-state index in [1.54, 1.807) is 0 Å². The van der Waals surface area contributed by atoms with Gasteiger partial charge in [-0.3, -0.25) is 0 Å². The van der Waals surface area contributed by atoms with Crippen LogP contribution in [0.4, 0.5) is 11.4 Å². The average Bonchev–Trinajstić information content (AvgIpc) is 3.92. The van der Waals surface area contributed by atoms with E-state index in [2.05, 4.69) is 189 Å². The van der Waals surface area contributed by atoms with Crippen LogP contribution in [0.5, 0.6) is 0 Å². The van der Waals surface area contributed by atoms with Gasteiger partial charge in [0.25, 0.3) is 0 Å². The van der Waals surface area contributed by atoms with Gasteiger partial charge in [0, 0.05) is 43.7 Å². The lowest BCUT2D eigenvalue weighted by molar-refractivity contribution is 0.660. The third-order valence-electron chi connectivity index (χ3n) is 12.7. The summed E-state index contributed by atoms with van der Waals surface area (Å²) in [5, 5.41) is 6.80. The molecule has 8 aromatic carbocycles. The maximum absolute atomic E-state index is 6.80. The first-order valence-electron chi connectivity index (χ1n) is 20.3. The molecule has 2 aromatic heterocycles. The van der Waals surface area contributed by atoms with E-state index < -0.39 is 0 Å².